The van der Waals surface area contributed by atoms with Gasteiger partial charge in [0, 0.05) is 27.2 Å². The van der Waals surface area contributed by atoms with Crippen LogP contribution in [0.25, 0.3) is 0 Å². The van der Waals surface area contributed by atoms with Gasteiger partial charge >= 0.3 is 6.18 Å². The number of amides is 1. The summed E-state index contributed by atoms with van der Waals surface area (Å²) in [5.41, 5.74) is -0.284. The van der Waals surface area contributed by atoms with Crippen molar-refractivity contribution in [3.05, 3.63) is 24.0 Å². The second-order valence-corrected chi connectivity index (χ2v) is 5.06. The van der Waals surface area contributed by atoms with Gasteiger partial charge < -0.3 is 9.80 Å². The molecule has 110 valence electrons. The molecule has 0 radical (unpaired) electrons. The van der Waals surface area contributed by atoms with Crippen molar-refractivity contribution in [3.63, 3.8) is 0 Å². The lowest BCUT2D eigenvalue weighted by molar-refractivity contribution is -0.141. The first-order chi connectivity index (χ1) is 9.29. The van der Waals surface area contributed by atoms with Crippen molar-refractivity contribution >= 4 is 11.6 Å². The fraction of sp³-hybridized carbons (Fsp3) is 0.538. The quantitative estimate of drug-likeness (QED) is 0.835. The van der Waals surface area contributed by atoms with E-state index in [2.05, 4.69) is 4.98 Å². The Morgan fingerprint density at radius 3 is 2.60 bits per heavy atom. The zero-order valence-corrected chi connectivity index (χ0v) is 11.3. The Hall–Kier alpha value is -1.79. The molecule has 2 heterocycles. The normalized spacial score (nSPS) is 19.2. The Balaban J connectivity index is 2.05. The van der Waals surface area contributed by atoms with E-state index in [1.165, 1.54) is 12.3 Å². The molecule has 1 unspecified atom stereocenters. The zero-order chi connectivity index (χ0) is 14.9. The maximum atomic E-state index is 12.4. The van der Waals surface area contributed by atoms with Crippen LogP contribution in [-0.2, 0) is 11.0 Å². The van der Waals surface area contributed by atoms with Crippen molar-refractivity contribution in [2.45, 2.75) is 12.6 Å². The van der Waals surface area contributed by atoms with Crippen LogP contribution in [0.2, 0.25) is 0 Å². The standard InChI is InChI=1S/C13H16F3N3O/c1-18(2)12(20)9-5-6-19(8-9)10-3-4-11(17-7-10)13(14,15)16/h3-4,7,9H,5-6,8H2,1-2H3. The number of hydrogen-bond acceptors (Lipinski definition) is 3. The van der Waals surface area contributed by atoms with Crippen molar-refractivity contribution < 1.29 is 18.0 Å². The molecule has 1 aliphatic rings. The van der Waals surface area contributed by atoms with Gasteiger partial charge in [-0.25, -0.2) is 4.98 Å². The molecule has 7 heteroatoms. The fourth-order valence-corrected chi connectivity index (χ4v) is 2.30. The van der Waals surface area contributed by atoms with Crippen molar-refractivity contribution in [2.75, 3.05) is 32.1 Å². The summed E-state index contributed by atoms with van der Waals surface area (Å²) in [6.07, 6.45) is -2.50. The summed E-state index contributed by atoms with van der Waals surface area (Å²) in [5, 5.41) is 0. The minimum absolute atomic E-state index is 0.0485. The van der Waals surface area contributed by atoms with Crippen LogP contribution in [0.4, 0.5) is 18.9 Å². The second-order valence-electron chi connectivity index (χ2n) is 5.06. The average Bonchev–Trinajstić information content (AvgIpc) is 2.86. The molecule has 0 aromatic carbocycles. The van der Waals surface area contributed by atoms with Crippen molar-refractivity contribution in [1.82, 2.24) is 9.88 Å². The van der Waals surface area contributed by atoms with Gasteiger partial charge in [0.25, 0.3) is 0 Å². The molecule has 20 heavy (non-hydrogen) atoms. The number of alkyl halides is 3. The summed E-state index contributed by atoms with van der Waals surface area (Å²) in [7, 11) is 3.40. The van der Waals surface area contributed by atoms with Crippen molar-refractivity contribution in [3.8, 4) is 0 Å². The predicted molar refractivity (Wildman–Crippen MR) is 68.3 cm³/mol. The molecule has 0 N–H and O–H groups in total. The van der Waals surface area contributed by atoms with Gasteiger partial charge in [-0.1, -0.05) is 0 Å². The molecule has 1 aromatic heterocycles. The number of aromatic nitrogens is 1. The van der Waals surface area contributed by atoms with Gasteiger partial charge in [0.1, 0.15) is 5.69 Å². The van der Waals surface area contributed by atoms with Crippen molar-refractivity contribution in [2.24, 2.45) is 5.92 Å². The van der Waals surface area contributed by atoms with E-state index in [-0.39, 0.29) is 11.8 Å². The molecule has 0 saturated carbocycles. The van der Waals surface area contributed by atoms with Crippen molar-refractivity contribution in [1.29, 1.82) is 0 Å². The molecule has 4 nitrogen and oxygen atoms in total. The Morgan fingerprint density at radius 1 is 1.40 bits per heavy atom. The lowest BCUT2D eigenvalue weighted by Crippen LogP contribution is -2.31. The van der Waals surface area contributed by atoms with Gasteiger partial charge in [-0.05, 0) is 18.6 Å². The maximum Gasteiger partial charge on any atom is 0.433 e. The van der Waals surface area contributed by atoms with E-state index in [1.807, 2.05) is 4.90 Å². The fourth-order valence-electron chi connectivity index (χ4n) is 2.30. The number of nitrogens with zero attached hydrogens (tertiary/aromatic N) is 3. The molecule has 0 bridgehead atoms. The molecular weight excluding hydrogens is 271 g/mol. The van der Waals surface area contributed by atoms with Gasteiger partial charge in [0.05, 0.1) is 17.8 Å². The Bertz CT molecular complexity index is 485. The third-order valence-electron chi connectivity index (χ3n) is 3.38. The minimum Gasteiger partial charge on any atom is -0.369 e. The predicted octanol–water partition coefficient (Wildman–Crippen LogP) is 2.01. The number of halogens is 3. The molecule has 1 fully saturated rings. The number of carbonyl (C=O) groups excluding carboxylic acids is 1. The highest BCUT2D eigenvalue weighted by atomic mass is 19.4. The molecule has 1 aliphatic heterocycles. The van der Waals surface area contributed by atoms with Crippen LogP contribution in [0.1, 0.15) is 12.1 Å². The number of rotatable bonds is 2. The number of anilines is 1. The van der Waals surface area contributed by atoms with Crippen LogP contribution < -0.4 is 4.90 Å². The monoisotopic (exact) mass is 287 g/mol. The maximum absolute atomic E-state index is 12.4. The van der Waals surface area contributed by atoms with Crippen LogP contribution in [0.5, 0.6) is 0 Å². The highest BCUT2D eigenvalue weighted by Crippen LogP contribution is 2.30. The zero-order valence-electron chi connectivity index (χ0n) is 11.3. The molecule has 1 saturated heterocycles. The summed E-state index contributed by atoms with van der Waals surface area (Å²) < 4.78 is 37.3. The average molecular weight is 287 g/mol. The molecule has 1 atom stereocenters. The molecular formula is C13H16F3N3O. The van der Waals surface area contributed by atoms with E-state index >= 15 is 0 Å². The SMILES string of the molecule is CN(C)C(=O)C1CCN(c2ccc(C(F)(F)F)nc2)C1. The van der Waals surface area contributed by atoms with E-state index in [9.17, 15) is 18.0 Å². The third kappa shape index (κ3) is 3.02. The largest absolute Gasteiger partial charge is 0.433 e. The number of hydrogen-bond donors (Lipinski definition) is 0. The van der Waals surface area contributed by atoms with Gasteiger partial charge in [-0.2, -0.15) is 13.2 Å². The first-order valence-electron chi connectivity index (χ1n) is 6.28. The van der Waals surface area contributed by atoms with E-state index in [0.717, 1.165) is 6.07 Å². The first kappa shape index (κ1) is 14.6. The van der Waals surface area contributed by atoms with Crippen LogP contribution in [0.15, 0.2) is 18.3 Å². The molecule has 2 rings (SSSR count). The van der Waals surface area contributed by atoms with Gasteiger partial charge in [-0.3, -0.25) is 4.79 Å². The van der Waals surface area contributed by atoms with Crippen LogP contribution >= 0.6 is 0 Å². The summed E-state index contributed by atoms with van der Waals surface area (Å²) in [5.74, 6) is -0.0559. The summed E-state index contributed by atoms with van der Waals surface area (Å²) in [6.45, 7) is 1.17. The number of pyridine rings is 1. The Labute approximate surface area is 115 Å². The molecule has 0 spiro atoms. The molecule has 1 amide bonds. The van der Waals surface area contributed by atoms with Crippen LogP contribution in [0.3, 0.4) is 0 Å². The van der Waals surface area contributed by atoms with Gasteiger partial charge in [0.15, 0.2) is 0 Å². The highest BCUT2D eigenvalue weighted by molar-refractivity contribution is 5.79. The van der Waals surface area contributed by atoms with Crippen LogP contribution in [0, 0.1) is 5.92 Å². The summed E-state index contributed by atoms with van der Waals surface area (Å²) in [6, 6.07) is 2.37. The second kappa shape index (κ2) is 5.30. The summed E-state index contributed by atoms with van der Waals surface area (Å²) in [4.78, 5) is 18.7. The minimum atomic E-state index is -4.42. The van der Waals surface area contributed by atoms with E-state index < -0.39 is 11.9 Å². The van der Waals surface area contributed by atoms with Gasteiger partial charge in [-0.15, -0.1) is 0 Å². The molecule has 1 aromatic rings. The summed E-state index contributed by atoms with van der Waals surface area (Å²) >= 11 is 0. The van der Waals surface area contributed by atoms with Crippen LogP contribution in [-0.4, -0.2) is 43.0 Å². The topological polar surface area (TPSA) is 36.4 Å². The van der Waals surface area contributed by atoms with Gasteiger partial charge in [0.2, 0.25) is 5.91 Å². The first-order valence-corrected chi connectivity index (χ1v) is 6.28. The van der Waals surface area contributed by atoms with E-state index in [4.69, 9.17) is 0 Å². The Morgan fingerprint density at radius 2 is 2.10 bits per heavy atom. The number of carbonyl (C=O) groups is 1. The van der Waals surface area contributed by atoms with E-state index in [0.29, 0.717) is 25.2 Å². The smallest absolute Gasteiger partial charge is 0.369 e. The lowest BCUT2D eigenvalue weighted by atomic mass is 10.1. The lowest BCUT2D eigenvalue weighted by Gasteiger charge is -2.20. The third-order valence-corrected chi connectivity index (χ3v) is 3.38. The van der Waals surface area contributed by atoms with E-state index in [1.54, 1.807) is 19.0 Å². The molecule has 0 aliphatic carbocycles. The Kier molecular flexibility index (Phi) is 3.87. The highest BCUT2D eigenvalue weighted by Gasteiger charge is 2.33.